The highest BCUT2D eigenvalue weighted by Gasteiger charge is 2.19. The van der Waals surface area contributed by atoms with Crippen molar-refractivity contribution in [2.24, 2.45) is 0 Å². The van der Waals surface area contributed by atoms with Crippen LogP contribution in [0.1, 0.15) is 19.3 Å². The summed E-state index contributed by atoms with van der Waals surface area (Å²) in [5.41, 5.74) is 5.82. The van der Waals surface area contributed by atoms with Gasteiger partial charge in [-0.15, -0.1) is 0 Å². The second-order valence-electron chi connectivity index (χ2n) is 8.76. The van der Waals surface area contributed by atoms with E-state index in [4.69, 9.17) is 9.84 Å². The molecule has 0 saturated carbocycles. The van der Waals surface area contributed by atoms with Crippen LogP contribution in [-0.2, 0) is 0 Å². The van der Waals surface area contributed by atoms with E-state index in [1.54, 1.807) is 6.20 Å². The zero-order chi connectivity index (χ0) is 22.7. The van der Waals surface area contributed by atoms with Gasteiger partial charge in [-0.2, -0.15) is 5.10 Å². The molecule has 0 bridgehead atoms. The van der Waals surface area contributed by atoms with Gasteiger partial charge in [0.25, 0.3) is 0 Å². The van der Waals surface area contributed by atoms with E-state index in [0.29, 0.717) is 0 Å². The SMILES string of the molecule is c1ccc(-c2nn3ccccc3c2-c2ccnc3cc(OCCCN4CCCC4)ccc23)nc1. The molecular weight excluding hydrogens is 422 g/mol. The molecule has 0 unspecified atom stereocenters. The largest absolute Gasteiger partial charge is 0.493 e. The van der Waals surface area contributed by atoms with Gasteiger partial charge in [0.2, 0.25) is 0 Å². The van der Waals surface area contributed by atoms with Crippen molar-refractivity contribution in [3.8, 4) is 28.3 Å². The van der Waals surface area contributed by atoms with Gasteiger partial charge in [0.1, 0.15) is 11.4 Å². The first-order chi connectivity index (χ1) is 16.9. The molecule has 0 N–H and O–H groups in total. The lowest BCUT2D eigenvalue weighted by Gasteiger charge is -2.14. The zero-order valence-electron chi connectivity index (χ0n) is 19.1. The van der Waals surface area contributed by atoms with E-state index >= 15 is 0 Å². The van der Waals surface area contributed by atoms with Crippen molar-refractivity contribution in [2.75, 3.05) is 26.2 Å². The Morgan fingerprint density at radius 3 is 2.68 bits per heavy atom. The predicted octanol–water partition coefficient (Wildman–Crippen LogP) is 5.48. The van der Waals surface area contributed by atoms with E-state index in [9.17, 15) is 0 Å². The number of benzene rings is 1. The lowest BCUT2D eigenvalue weighted by molar-refractivity contribution is 0.263. The van der Waals surface area contributed by atoms with Crippen molar-refractivity contribution >= 4 is 16.4 Å². The van der Waals surface area contributed by atoms with Crippen molar-refractivity contribution < 1.29 is 4.74 Å². The number of aromatic nitrogens is 4. The van der Waals surface area contributed by atoms with Crippen molar-refractivity contribution in [1.82, 2.24) is 24.5 Å². The van der Waals surface area contributed by atoms with E-state index < -0.39 is 0 Å². The molecule has 170 valence electrons. The average molecular weight is 450 g/mol. The van der Waals surface area contributed by atoms with Gasteiger partial charge in [0.15, 0.2) is 0 Å². The molecule has 6 nitrogen and oxygen atoms in total. The van der Waals surface area contributed by atoms with Crippen LogP contribution in [0.4, 0.5) is 0 Å². The summed E-state index contributed by atoms with van der Waals surface area (Å²) in [4.78, 5) is 11.8. The molecule has 4 aromatic heterocycles. The Morgan fingerprint density at radius 1 is 0.882 bits per heavy atom. The van der Waals surface area contributed by atoms with Crippen molar-refractivity contribution in [1.29, 1.82) is 0 Å². The number of pyridine rings is 3. The summed E-state index contributed by atoms with van der Waals surface area (Å²) in [6.45, 7) is 4.29. The summed E-state index contributed by atoms with van der Waals surface area (Å²) in [6.07, 6.45) is 9.34. The number of fused-ring (bicyclic) bond motifs is 2. The Balaban J connectivity index is 1.34. The van der Waals surface area contributed by atoms with Crippen LogP contribution in [0.2, 0.25) is 0 Å². The Kier molecular flexibility index (Phi) is 5.65. The standard InChI is InChI=1S/C28H27N5O/c1-3-13-29-24(8-1)28-27(26-9-2-4-18-33(26)31-28)23-12-14-30-25-20-21(10-11-22(23)25)34-19-7-17-32-15-5-6-16-32/h1-4,8-14,18,20H,5-7,15-17,19H2. The second-order valence-corrected chi connectivity index (χ2v) is 8.76. The topological polar surface area (TPSA) is 55.6 Å². The number of ether oxygens (including phenoxy) is 1. The molecule has 6 rings (SSSR count). The van der Waals surface area contributed by atoms with Gasteiger partial charge in [0, 0.05) is 42.2 Å². The molecule has 1 fully saturated rings. The maximum atomic E-state index is 6.07. The summed E-state index contributed by atoms with van der Waals surface area (Å²) < 4.78 is 7.99. The fraction of sp³-hybridized carbons (Fsp3) is 0.250. The first-order valence-electron chi connectivity index (χ1n) is 12.0. The molecule has 1 aliphatic heterocycles. The van der Waals surface area contributed by atoms with Crippen LogP contribution in [0, 0.1) is 0 Å². The molecule has 1 saturated heterocycles. The van der Waals surface area contributed by atoms with Crippen LogP contribution < -0.4 is 4.74 Å². The summed E-state index contributed by atoms with van der Waals surface area (Å²) in [7, 11) is 0. The third-order valence-electron chi connectivity index (χ3n) is 6.52. The lowest BCUT2D eigenvalue weighted by atomic mass is 9.98. The number of hydrogen-bond acceptors (Lipinski definition) is 5. The molecule has 0 amide bonds. The third kappa shape index (κ3) is 4.01. The Bertz CT molecular complexity index is 1420. The normalized spacial score (nSPS) is 14.2. The van der Waals surface area contributed by atoms with Crippen LogP contribution >= 0.6 is 0 Å². The Morgan fingerprint density at radius 2 is 1.79 bits per heavy atom. The maximum Gasteiger partial charge on any atom is 0.121 e. The van der Waals surface area contributed by atoms with E-state index in [1.165, 1.54) is 25.9 Å². The van der Waals surface area contributed by atoms with E-state index in [1.807, 2.05) is 53.3 Å². The summed E-state index contributed by atoms with van der Waals surface area (Å²) in [5, 5.41) is 5.94. The van der Waals surface area contributed by atoms with Crippen LogP contribution in [0.15, 0.2) is 79.3 Å². The molecule has 5 aromatic rings. The highest BCUT2D eigenvalue weighted by Crippen LogP contribution is 2.38. The maximum absolute atomic E-state index is 6.07. The first-order valence-corrected chi connectivity index (χ1v) is 12.0. The number of rotatable bonds is 7. The second kappa shape index (κ2) is 9.23. The highest BCUT2D eigenvalue weighted by molar-refractivity contribution is 6.03. The minimum absolute atomic E-state index is 0.722. The Hall–Kier alpha value is -3.77. The van der Waals surface area contributed by atoms with E-state index in [0.717, 1.165) is 64.3 Å². The summed E-state index contributed by atoms with van der Waals surface area (Å²) in [5.74, 6) is 0.864. The molecule has 6 heteroatoms. The highest BCUT2D eigenvalue weighted by atomic mass is 16.5. The number of nitrogens with zero attached hydrogens (tertiary/aromatic N) is 5. The molecule has 0 aliphatic carbocycles. The predicted molar refractivity (Wildman–Crippen MR) is 135 cm³/mol. The van der Waals surface area contributed by atoms with Gasteiger partial charge in [-0.05, 0) is 80.4 Å². The van der Waals surface area contributed by atoms with Gasteiger partial charge >= 0.3 is 0 Å². The molecule has 5 heterocycles. The van der Waals surface area contributed by atoms with Crippen LogP contribution in [0.3, 0.4) is 0 Å². The minimum Gasteiger partial charge on any atom is -0.493 e. The van der Waals surface area contributed by atoms with Crippen molar-refractivity contribution in [3.63, 3.8) is 0 Å². The molecule has 0 radical (unpaired) electrons. The molecule has 0 spiro atoms. The molecule has 0 atom stereocenters. The zero-order valence-corrected chi connectivity index (χ0v) is 19.1. The summed E-state index contributed by atoms with van der Waals surface area (Å²) in [6, 6.07) is 20.3. The van der Waals surface area contributed by atoms with Gasteiger partial charge in [-0.25, -0.2) is 4.52 Å². The fourth-order valence-electron chi connectivity index (χ4n) is 4.87. The third-order valence-corrected chi connectivity index (χ3v) is 6.52. The quantitative estimate of drug-likeness (QED) is 0.308. The minimum atomic E-state index is 0.722. The van der Waals surface area contributed by atoms with E-state index in [2.05, 4.69) is 39.1 Å². The monoisotopic (exact) mass is 449 g/mol. The first kappa shape index (κ1) is 20.8. The molecule has 1 aliphatic rings. The van der Waals surface area contributed by atoms with E-state index in [-0.39, 0.29) is 0 Å². The average Bonchev–Trinajstić information content (AvgIpc) is 3.55. The molecular formula is C28H27N5O. The van der Waals surface area contributed by atoms with Gasteiger partial charge in [-0.1, -0.05) is 12.1 Å². The van der Waals surface area contributed by atoms with Gasteiger partial charge in [0.05, 0.1) is 23.3 Å². The molecule has 1 aromatic carbocycles. The van der Waals surface area contributed by atoms with Gasteiger partial charge in [-0.3, -0.25) is 9.97 Å². The number of hydrogen-bond donors (Lipinski definition) is 0. The Labute approximate surface area is 198 Å². The lowest BCUT2D eigenvalue weighted by Crippen LogP contribution is -2.21. The fourth-order valence-corrected chi connectivity index (χ4v) is 4.87. The van der Waals surface area contributed by atoms with Gasteiger partial charge < -0.3 is 9.64 Å². The van der Waals surface area contributed by atoms with Crippen LogP contribution in [0.5, 0.6) is 5.75 Å². The van der Waals surface area contributed by atoms with Crippen molar-refractivity contribution in [3.05, 3.63) is 79.3 Å². The number of likely N-dealkylation sites (tertiary alicyclic amines) is 1. The molecule has 34 heavy (non-hydrogen) atoms. The van der Waals surface area contributed by atoms with Crippen LogP contribution in [0.25, 0.3) is 38.9 Å². The van der Waals surface area contributed by atoms with Crippen LogP contribution in [-0.4, -0.2) is 50.7 Å². The van der Waals surface area contributed by atoms with Crippen molar-refractivity contribution in [2.45, 2.75) is 19.3 Å². The smallest absolute Gasteiger partial charge is 0.121 e. The summed E-state index contributed by atoms with van der Waals surface area (Å²) >= 11 is 0.